The summed E-state index contributed by atoms with van der Waals surface area (Å²) < 4.78 is 1.34. The molecule has 5 heteroatoms. The van der Waals surface area contributed by atoms with Crippen molar-refractivity contribution in [2.24, 2.45) is 0 Å². The van der Waals surface area contributed by atoms with Crippen LogP contribution in [0, 0.1) is 20.8 Å². The van der Waals surface area contributed by atoms with E-state index in [0.717, 1.165) is 11.3 Å². The summed E-state index contributed by atoms with van der Waals surface area (Å²) >= 11 is 0. The Morgan fingerprint density at radius 3 is 2.54 bits per heavy atom. The zero-order valence-electron chi connectivity index (χ0n) is 7.74. The first-order valence-corrected chi connectivity index (χ1v) is 3.99. The van der Waals surface area contributed by atoms with Crippen molar-refractivity contribution < 1.29 is 5.11 Å². The topological polar surface area (TPSA) is 63.3 Å². The molecule has 0 unspecified atom stereocenters. The van der Waals surface area contributed by atoms with Gasteiger partial charge in [-0.2, -0.15) is 9.50 Å². The molecular formula is C8H10N4O. The second kappa shape index (κ2) is 2.42. The Labute approximate surface area is 75.1 Å². The van der Waals surface area contributed by atoms with Gasteiger partial charge >= 0.3 is 0 Å². The van der Waals surface area contributed by atoms with E-state index in [1.54, 1.807) is 13.8 Å². The summed E-state index contributed by atoms with van der Waals surface area (Å²) in [5.41, 5.74) is 1.51. The fourth-order valence-corrected chi connectivity index (χ4v) is 1.17. The summed E-state index contributed by atoms with van der Waals surface area (Å²) in [6, 6.07) is 0. The minimum atomic E-state index is 0.114. The minimum absolute atomic E-state index is 0.114. The van der Waals surface area contributed by atoms with Crippen molar-refractivity contribution in [3.05, 3.63) is 17.1 Å². The van der Waals surface area contributed by atoms with Crippen LogP contribution in [0.4, 0.5) is 0 Å². The van der Waals surface area contributed by atoms with Crippen LogP contribution < -0.4 is 0 Å². The van der Waals surface area contributed by atoms with Gasteiger partial charge in [0.25, 0.3) is 5.78 Å². The molecule has 0 amide bonds. The van der Waals surface area contributed by atoms with Gasteiger partial charge in [-0.05, 0) is 20.8 Å². The number of aromatic nitrogens is 4. The zero-order chi connectivity index (χ0) is 9.59. The molecule has 0 aliphatic heterocycles. The van der Waals surface area contributed by atoms with E-state index in [9.17, 15) is 5.11 Å². The lowest BCUT2D eigenvalue weighted by atomic mass is 10.3. The summed E-state index contributed by atoms with van der Waals surface area (Å²) in [5, 5.41) is 13.7. The Kier molecular flexibility index (Phi) is 1.48. The SMILES string of the molecule is Cc1nc2nc(C)c(C)c(O)n2n1. The highest BCUT2D eigenvalue weighted by Gasteiger charge is 2.10. The molecule has 0 atom stereocenters. The Morgan fingerprint density at radius 2 is 1.85 bits per heavy atom. The van der Waals surface area contributed by atoms with Crippen LogP contribution in [0.25, 0.3) is 5.78 Å². The number of hydrogen-bond acceptors (Lipinski definition) is 4. The molecule has 2 aromatic heterocycles. The quantitative estimate of drug-likeness (QED) is 0.646. The highest BCUT2D eigenvalue weighted by Crippen LogP contribution is 2.18. The first-order valence-electron chi connectivity index (χ1n) is 3.99. The van der Waals surface area contributed by atoms with E-state index < -0.39 is 0 Å². The number of aromatic hydroxyl groups is 1. The molecule has 2 aromatic rings. The first-order chi connectivity index (χ1) is 6.09. The maximum absolute atomic E-state index is 9.67. The van der Waals surface area contributed by atoms with Crippen molar-refractivity contribution in [2.45, 2.75) is 20.8 Å². The van der Waals surface area contributed by atoms with Crippen molar-refractivity contribution in [3.8, 4) is 5.88 Å². The van der Waals surface area contributed by atoms with Crippen molar-refractivity contribution in [3.63, 3.8) is 0 Å². The molecule has 1 N–H and O–H groups in total. The van der Waals surface area contributed by atoms with Gasteiger partial charge in [0.2, 0.25) is 5.88 Å². The Balaban J connectivity index is 2.92. The van der Waals surface area contributed by atoms with E-state index in [4.69, 9.17) is 0 Å². The number of fused-ring (bicyclic) bond motifs is 1. The molecule has 0 spiro atoms. The highest BCUT2D eigenvalue weighted by molar-refractivity contribution is 5.39. The van der Waals surface area contributed by atoms with Gasteiger partial charge < -0.3 is 5.11 Å². The summed E-state index contributed by atoms with van der Waals surface area (Å²) in [4.78, 5) is 8.24. The fraction of sp³-hybridized carbons (Fsp3) is 0.375. The Morgan fingerprint density at radius 1 is 1.15 bits per heavy atom. The molecule has 13 heavy (non-hydrogen) atoms. The predicted octanol–water partition coefficient (Wildman–Crippen LogP) is 0.755. The highest BCUT2D eigenvalue weighted by atomic mass is 16.3. The maximum atomic E-state index is 9.67. The lowest BCUT2D eigenvalue weighted by Crippen LogP contribution is -1.97. The van der Waals surface area contributed by atoms with Gasteiger partial charge in [0.15, 0.2) is 0 Å². The van der Waals surface area contributed by atoms with Crippen LogP contribution in [0.15, 0.2) is 0 Å². The van der Waals surface area contributed by atoms with Gasteiger partial charge in [0.05, 0.1) is 0 Å². The smallest absolute Gasteiger partial charge is 0.255 e. The monoisotopic (exact) mass is 178 g/mol. The van der Waals surface area contributed by atoms with Crippen LogP contribution in [0.3, 0.4) is 0 Å². The molecule has 2 rings (SSSR count). The first kappa shape index (κ1) is 7.97. The number of rotatable bonds is 0. The van der Waals surface area contributed by atoms with Crippen molar-refractivity contribution >= 4 is 5.78 Å². The maximum Gasteiger partial charge on any atom is 0.255 e. The van der Waals surface area contributed by atoms with Crippen LogP contribution in [-0.2, 0) is 0 Å². The molecule has 0 saturated heterocycles. The molecule has 0 radical (unpaired) electrons. The summed E-state index contributed by atoms with van der Waals surface area (Å²) in [6.45, 7) is 5.39. The second-order valence-corrected chi connectivity index (χ2v) is 3.02. The molecule has 0 aromatic carbocycles. The molecule has 2 heterocycles. The summed E-state index contributed by atoms with van der Waals surface area (Å²) in [7, 11) is 0. The van der Waals surface area contributed by atoms with Gasteiger partial charge in [-0.1, -0.05) is 0 Å². The molecule has 5 nitrogen and oxygen atoms in total. The van der Waals surface area contributed by atoms with Gasteiger partial charge in [0, 0.05) is 11.3 Å². The van der Waals surface area contributed by atoms with Gasteiger partial charge in [-0.25, -0.2) is 4.98 Å². The van der Waals surface area contributed by atoms with E-state index in [1.165, 1.54) is 4.52 Å². The summed E-state index contributed by atoms with van der Waals surface area (Å²) in [5.74, 6) is 1.16. The second-order valence-electron chi connectivity index (χ2n) is 3.02. The van der Waals surface area contributed by atoms with Gasteiger partial charge in [-0.3, -0.25) is 0 Å². The number of nitrogens with zero attached hydrogens (tertiary/aromatic N) is 4. The molecule has 0 saturated carbocycles. The fourth-order valence-electron chi connectivity index (χ4n) is 1.17. The van der Waals surface area contributed by atoms with Crippen molar-refractivity contribution in [1.29, 1.82) is 0 Å². The lowest BCUT2D eigenvalue weighted by Gasteiger charge is -2.02. The molecular weight excluding hydrogens is 168 g/mol. The van der Waals surface area contributed by atoms with Crippen molar-refractivity contribution in [2.75, 3.05) is 0 Å². The number of hydrogen-bond donors (Lipinski definition) is 1. The molecule has 0 fully saturated rings. The van der Waals surface area contributed by atoms with Gasteiger partial charge in [-0.15, -0.1) is 5.10 Å². The number of aryl methyl sites for hydroxylation is 2. The van der Waals surface area contributed by atoms with Crippen molar-refractivity contribution in [1.82, 2.24) is 19.6 Å². The van der Waals surface area contributed by atoms with Crippen LogP contribution in [0.5, 0.6) is 5.88 Å². The largest absolute Gasteiger partial charge is 0.493 e. The third-order valence-electron chi connectivity index (χ3n) is 2.04. The third kappa shape index (κ3) is 1.04. The summed E-state index contributed by atoms with van der Waals surface area (Å²) in [6.07, 6.45) is 0. The van der Waals surface area contributed by atoms with Gasteiger partial charge in [0.1, 0.15) is 5.82 Å². The average Bonchev–Trinajstić information content (AvgIpc) is 2.42. The molecule has 68 valence electrons. The van der Waals surface area contributed by atoms with E-state index in [1.807, 2.05) is 6.92 Å². The van der Waals surface area contributed by atoms with E-state index in [2.05, 4.69) is 15.1 Å². The Bertz CT molecular complexity index is 474. The zero-order valence-corrected chi connectivity index (χ0v) is 7.74. The molecule has 0 aliphatic rings. The van der Waals surface area contributed by atoms with Crippen LogP contribution >= 0.6 is 0 Å². The minimum Gasteiger partial charge on any atom is -0.493 e. The van der Waals surface area contributed by atoms with Crippen LogP contribution in [0.2, 0.25) is 0 Å². The van der Waals surface area contributed by atoms with E-state index in [0.29, 0.717) is 11.6 Å². The van der Waals surface area contributed by atoms with Crippen LogP contribution in [-0.4, -0.2) is 24.7 Å². The molecule has 0 bridgehead atoms. The average molecular weight is 178 g/mol. The van der Waals surface area contributed by atoms with E-state index >= 15 is 0 Å². The standard InChI is InChI=1S/C8H10N4O/c1-4-5(2)9-8-10-6(3)11-12(8)7(4)13/h13H,1-3H3. The Hall–Kier alpha value is -1.65. The normalized spacial score (nSPS) is 11.0. The van der Waals surface area contributed by atoms with E-state index in [-0.39, 0.29) is 5.88 Å². The third-order valence-corrected chi connectivity index (χ3v) is 2.04. The predicted molar refractivity (Wildman–Crippen MR) is 46.7 cm³/mol. The molecule has 0 aliphatic carbocycles. The van der Waals surface area contributed by atoms with Crippen LogP contribution in [0.1, 0.15) is 17.1 Å². The lowest BCUT2D eigenvalue weighted by molar-refractivity contribution is 0.429.